The monoisotopic (exact) mass is 439 g/mol. The van der Waals surface area contributed by atoms with Crippen LogP contribution in [0, 0.1) is 0 Å². The summed E-state index contributed by atoms with van der Waals surface area (Å²) in [6.45, 7) is 6.78. The Morgan fingerprint density at radius 2 is 2.00 bits per heavy atom. The Bertz CT molecular complexity index is 613. The van der Waals surface area contributed by atoms with E-state index in [4.69, 9.17) is 5.73 Å². The van der Waals surface area contributed by atoms with Crippen LogP contribution in [0.5, 0.6) is 0 Å². The Labute approximate surface area is 142 Å². The molecule has 1 heterocycles. The molecule has 8 heteroatoms. The summed E-state index contributed by atoms with van der Waals surface area (Å²) < 4.78 is 28.5. The third-order valence-electron chi connectivity index (χ3n) is 3.77. The molecule has 0 amide bonds. The molecule has 1 saturated heterocycles. The maximum absolute atomic E-state index is 12.9. The van der Waals surface area contributed by atoms with Crippen molar-refractivity contribution in [2.75, 3.05) is 31.9 Å². The van der Waals surface area contributed by atoms with Crippen LogP contribution in [-0.2, 0) is 10.0 Å². The Hall–Kier alpha value is -0.150. The molecule has 118 valence electrons. The molecule has 2 rings (SSSR count). The number of halogens is 2. The lowest BCUT2D eigenvalue weighted by molar-refractivity contribution is 0.135. The van der Waals surface area contributed by atoms with E-state index in [0.717, 1.165) is 17.6 Å². The van der Waals surface area contributed by atoms with Crippen LogP contribution in [0.25, 0.3) is 0 Å². The first kappa shape index (κ1) is 17.2. The summed E-state index contributed by atoms with van der Waals surface area (Å²) in [6.07, 6.45) is 0. The van der Waals surface area contributed by atoms with Crippen LogP contribution < -0.4 is 5.73 Å². The lowest BCUT2D eigenvalue weighted by atomic mass is 10.2. The summed E-state index contributed by atoms with van der Waals surface area (Å²) in [5.74, 6) is 0. The standard InChI is InChI=1S/C13H19Br2N3O2S/c1-3-17-4-5-18(8-9(17)2)21(19,20)13-11(15)6-10(14)7-12(13)16/h6-7,9H,3-5,8,16H2,1-2H3. The van der Waals surface area contributed by atoms with Crippen molar-refractivity contribution in [1.29, 1.82) is 0 Å². The first-order valence-electron chi connectivity index (χ1n) is 6.76. The minimum absolute atomic E-state index is 0.155. The van der Waals surface area contributed by atoms with Gasteiger partial charge in [0.1, 0.15) is 4.90 Å². The SMILES string of the molecule is CCN1CCN(S(=O)(=O)c2c(N)cc(Br)cc2Br)CC1C. The lowest BCUT2D eigenvalue weighted by Gasteiger charge is -2.38. The average Bonchev–Trinajstić information content (AvgIpc) is 2.36. The van der Waals surface area contributed by atoms with Gasteiger partial charge in [-0.3, -0.25) is 4.90 Å². The van der Waals surface area contributed by atoms with E-state index in [1.165, 1.54) is 4.31 Å². The number of anilines is 1. The van der Waals surface area contributed by atoms with E-state index < -0.39 is 10.0 Å². The van der Waals surface area contributed by atoms with Gasteiger partial charge in [0.2, 0.25) is 10.0 Å². The summed E-state index contributed by atoms with van der Waals surface area (Å²) in [6, 6.07) is 3.52. The molecule has 1 unspecified atom stereocenters. The van der Waals surface area contributed by atoms with E-state index in [1.54, 1.807) is 12.1 Å². The molecule has 1 fully saturated rings. The Balaban J connectivity index is 2.36. The second kappa shape index (κ2) is 6.54. The van der Waals surface area contributed by atoms with Gasteiger partial charge in [0.25, 0.3) is 0 Å². The highest BCUT2D eigenvalue weighted by atomic mass is 79.9. The van der Waals surface area contributed by atoms with Crippen LogP contribution in [0.1, 0.15) is 13.8 Å². The van der Waals surface area contributed by atoms with Crippen molar-refractivity contribution in [1.82, 2.24) is 9.21 Å². The molecule has 1 aromatic carbocycles. The van der Waals surface area contributed by atoms with Crippen molar-refractivity contribution >= 4 is 47.6 Å². The third kappa shape index (κ3) is 3.44. The normalized spacial score (nSPS) is 21.6. The fraction of sp³-hybridized carbons (Fsp3) is 0.538. The zero-order valence-corrected chi connectivity index (χ0v) is 16.0. The van der Waals surface area contributed by atoms with Gasteiger partial charge in [0.15, 0.2) is 0 Å². The zero-order chi connectivity index (χ0) is 15.8. The molecule has 21 heavy (non-hydrogen) atoms. The predicted octanol–water partition coefficient (Wildman–Crippen LogP) is 2.51. The van der Waals surface area contributed by atoms with E-state index >= 15 is 0 Å². The molecule has 0 aliphatic carbocycles. The molecule has 0 bridgehead atoms. The number of nitrogens with zero attached hydrogens (tertiary/aromatic N) is 2. The maximum atomic E-state index is 12.9. The topological polar surface area (TPSA) is 66.6 Å². The molecule has 0 radical (unpaired) electrons. The number of rotatable bonds is 3. The number of hydrogen-bond acceptors (Lipinski definition) is 4. The van der Waals surface area contributed by atoms with Crippen molar-refractivity contribution in [2.24, 2.45) is 0 Å². The fourth-order valence-corrected chi connectivity index (χ4v) is 6.16. The second-order valence-electron chi connectivity index (χ2n) is 5.15. The minimum Gasteiger partial charge on any atom is -0.398 e. The number of piperazine rings is 1. The molecule has 1 aromatic rings. The zero-order valence-electron chi connectivity index (χ0n) is 12.0. The molecular weight excluding hydrogens is 422 g/mol. The molecule has 0 saturated carbocycles. The number of nitrogens with two attached hydrogens (primary N) is 1. The van der Waals surface area contributed by atoms with Crippen molar-refractivity contribution in [2.45, 2.75) is 24.8 Å². The molecule has 5 nitrogen and oxygen atoms in total. The number of sulfonamides is 1. The number of hydrogen-bond donors (Lipinski definition) is 1. The molecular formula is C13H19Br2N3O2S. The smallest absolute Gasteiger partial charge is 0.246 e. The summed E-state index contributed by atoms with van der Waals surface area (Å²) in [5.41, 5.74) is 6.18. The van der Waals surface area contributed by atoms with Crippen molar-refractivity contribution in [3.05, 3.63) is 21.1 Å². The van der Waals surface area contributed by atoms with Gasteiger partial charge in [0, 0.05) is 34.6 Å². The fourth-order valence-electron chi connectivity index (χ4n) is 2.63. The van der Waals surface area contributed by atoms with Crippen molar-refractivity contribution in [3.8, 4) is 0 Å². The summed E-state index contributed by atoms with van der Waals surface area (Å²) >= 11 is 6.63. The van der Waals surface area contributed by atoms with Gasteiger partial charge in [0.05, 0.1) is 5.69 Å². The van der Waals surface area contributed by atoms with Gasteiger partial charge in [-0.25, -0.2) is 8.42 Å². The van der Waals surface area contributed by atoms with E-state index in [1.807, 2.05) is 6.92 Å². The highest BCUT2D eigenvalue weighted by molar-refractivity contribution is 9.11. The van der Waals surface area contributed by atoms with Gasteiger partial charge in [-0.2, -0.15) is 4.31 Å². The Morgan fingerprint density at radius 3 is 2.52 bits per heavy atom. The van der Waals surface area contributed by atoms with Gasteiger partial charge in [-0.05, 0) is 41.5 Å². The van der Waals surface area contributed by atoms with Crippen LogP contribution in [0.2, 0.25) is 0 Å². The summed E-state index contributed by atoms with van der Waals surface area (Å²) in [5, 5.41) is 0. The first-order chi connectivity index (χ1) is 9.77. The minimum atomic E-state index is -3.59. The Morgan fingerprint density at radius 1 is 1.33 bits per heavy atom. The number of benzene rings is 1. The van der Waals surface area contributed by atoms with Crippen LogP contribution in [0.15, 0.2) is 26.0 Å². The van der Waals surface area contributed by atoms with Gasteiger partial charge in [-0.1, -0.05) is 22.9 Å². The van der Waals surface area contributed by atoms with Crippen molar-refractivity contribution < 1.29 is 8.42 Å². The van der Waals surface area contributed by atoms with Crippen LogP contribution >= 0.6 is 31.9 Å². The number of nitrogen functional groups attached to an aromatic ring is 1. The highest BCUT2D eigenvalue weighted by Crippen LogP contribution is 2.34. The van der Waals surface area contributed by atoms with E-state index in [2.05, 4.69) is 43.7 Å². The molecule has 1 aliphatic rings. The van der Waals surface area contributed by atoms with E-state index in [-0.39, 0.29) is 16.6 Å². The van der Waals surface area contributed by atoms with Crippen LogP contribution in [0.3, 0.4) is 0 Å². The van der Waals surface area contributed by atoms with Gasteiger partial charge in [-0.15, -0.1) is 0 Å². The quantitative estimate of drug-likeness (QED) is 0.733. The van der Waals surface area contributed by atoms with E-state index in [9.17, 15) is 8.42 Å². The average molecular weight is 441 g/mol. The molecule has 2 N–H and O–H groups in total. The van der Waals surface area contributed by atoms with Gasteiger partial charge >= 0.3 is 0 Å². The largest absolute Gasteiger partial charge is 0.398 e. The lowest BCUT2D eigenvalue weighted by Crippen LogP contribution is -2.53. The maximum Gasteiger partial charge on any atom is 0.246 e. The highest BCUT2D eigenvalue weighted by Gasteiger charge is 2.34. The third-order valence-corrected chi connectivity index (χ3v) is 7.10. The number of likely N-dealkylation sites (N-methyl/N-ethyl adjacent to an activating group) is 1. The molecule has 1 atom stereocenters. The summed E-state index contributed by atoms with van der Waals surface area (Å²) in [4.78, 5) is 2.43. The Kier molecular flexibility index (Phi) is 5.36. The first-order valence-corrected chi connectivity index (χ1v) is 9.78. The summed E-state index contributed by atoms with van der Waals surface area (Å²) in [7, 11) is -3.59. The molecule has 1 aliphatic heterocycles. The van der Waals surface area contributed by atoms with Crippen LogP contribution in [0.4, 0.5) is 5.69 Å². The molecule has 0 spiro atoms. The van der Waals surface area contributed by atoms with Crippen molar-refractivity contribution in [3.63, 3.8) is 0 Å². The van der Waals surface area contributed by atoms with Crippen LogP contribution in [-0.4, -0.2) is 49.8 Å². The molecule has 0 aromatic heterocycles. The second-order valence-corrected chi connectivity index (χ2v) is 8.79. The predicted molar refractivity (Wildman–Crippen MR) is 91.7 cm³/mol. The van der Waals surface area contributed by atoms with Gasteiger partial charge < -0.3 is 5.73 Å². The van der Waals surface area contributed by atoms with E-state index in [0.29, 0.717) is 17.6 Å².